The number of H-pyrrole nitrogens is 1. The second-order valence-corrected chi connectivity index (χ2v) is 5.79. The number of likely N-dealkylation sites (N-methyl/N-ethyl adjacent to an activating group) is 1. The Bertz CT molecular complexity index is 809. The molecule has 106 valence electrons. The number of benzene rings is 2. The first-order valence-electron chi connectivity index (χ1n) is 7.11. The van der Waals surface area contributed by atoms with E-state index in [0.29, 0.717) is 5.52 Å². The average Bonchev–Trinajstić information content (AvgIpc) is 2.95. The van der Waals surface area contributed by atoms with Crippen molar-refractivity contribution in [1.82, 2.24) is 15.1 Å². The summed E-state index contributed by atoms with van der Waals surface area (Å²) in [6, 6.07) is 12.1. The van der Waals surface area contributed by atoms with Crippen molar-refractivity contribution in [3.05, 3.63) is 65.1 Å². The first-order chi connectivity index (χ1) is 10.2. The molecule has 0 fully saturated rings. The van der Waals surface area contributed by atoms with E-state index in [1.807, 2.05) is 6.07 Å². The zero-order chi connectivity index (χ0) is 14.4. The van der Waals surface area contributed by atoms with Crippen molar-refractivity contribution < 1.29 is 4.39 Å². The van der Waals surface area contributed by atoms with Gasteiger partial charge in [-0.3, -0.25) is 5.10 Å². The summed E-state index contributed by atoms with van der Waals surface area (Å²) in [4.78, 5) is 2.28. The van der Waals surface area contributed by atoms with Gasteiger partial charge in [-0.25, -0.2) is 4.39 Å². The highest BCUT2D eigenvalue weighted by atomic mass is 19.1. The number of aromatic nitrogens is 2. The molecule has 0 saturated heterocycles. The molecule has 1 aliphatic heterocycles. The van der Waals surface area contributed by atoms with Gasteiger partial charge in [0.25, 0.3) is 0 Å². The second-order valence-electron chi connectivity index (χ2n) is 5.79. The maximum Gasteiger partial charge on any atom is 0.149 e. The molecular weight excluding hydrogens is 265 g/mol. The number of rotatable bonds is 1. The molecule has 3 nitrogen and oxygen atoms in total. The summed E-state index contributed by atoms with van der Waals surface area (Å²) in [7, 11) is 2.11. The number of nitrogens with zero attached hydrogens (tertiary/aromatic N) is 2. The molecule has 0 aliphatic carbocycles. The lowest BCUT2D eigenvalue weighted by Gasteiger charge is -2.32. The molecule has 3 aromatic rings. The Hall–Kier alpha value is -2.20. The molecule has 0 bridgehead atoms. The highest BCUT2D eigenvalue weighted by molar-refractivity contribution is 5.79. The molecule has 2 aromatic carbocycles. The van der Waals surface area contributed by atoms with Gasteiger partial charge >= 0.3 is 0 Å². The van der Waals surface area contributed by atoms with Crippen LogP contribution in [-0.2, 0) is 6.54 Å². The minimum atomic E-state index is -0.231. The Labute approximate surface area is 122 Å². The number of aromatic amines is 1. The van der Waals surface area contributed by atoms with Crippen molar-refractivity contribution in [1.29, 1.82) is 0 Å². The highest BCUT2D eigenvalue weighted by Gasteiger charge is 2.25. The van der Waals surface area contributed by atoms with Gasteiger partial charge in [0.1, 0.15) is 11.3 Å². The first kappa shape index (κ1) is 12.5. The van der Waals surface area contributed by atoms with Crippen LogP contribution in [0.25, 0.3) is 10.9 Å². The zero-order valence-electron chi connectivity index (χ0n) is 11.8. The Morgan fingerprint density at radius 1 is 1.29 bits per heavy atom. The van der Waals surface area contributed by atoms with Gasteiger partial charge in [0.15, 0.2) is 0 Å². The van der Waals surface area contributed by atoms with E-state index in [0.717, 1.165) is 24.0 Å². The van der Waals surface area contributed by atoms with E-state index in [1.165, 1.54) is 11.1 Å². The summed E-state index contributed by atoms with van der Waals surface area (Å²) >= 11 is 0. The molecule has 21 heavy (non-hydrogen) atoms. The lowest BCUT2D eigenvalue weighted by atomic mass is 9.84. The predicted octanol–water partition coefficient (Wildman–Crippen LogP) is 3.28. The Kier molecular flexibility index (Phi) is 2.79. The van der Waals surface area contributed by atoms with Gasteiger partial charge in [0.05, 0.1) is 6.20 Å². The monoisotopic (exact) mass is 281 g/mol. The number of fused-ring (bicyclic) bond motifs is 2. The van der Waals surface area contributed by atoms with Gasteiger partial charge in [0, 0.05) is 24.4 Å². The van der Waals surface area contributed by atoms with E-state index < -0.39 is 0 Å². The van der Waals surface area contributed by atoms with Gasteiger partial charge < -0.3 is 4.90 Å². The van der Waals surface area contributed by atoms with Gasteiger partial charge in [-0.05, 0) is 35.9 Å². The SMILES string of the molecule is CN1Cc2ccccc2C(c2cc(F)c3[nH]ncc3c2)C1. The van der Waals surface area contributed by atoms with Gasteiger partial charge in [-0.1, -0.05) is 24.3 Å². The van der Waals surface area contributed by atoms with E-state index in [9.17, 15) is 4.39 Å². The van der Waals surface area contributed by atoms with Crippen LogP contribution in [0, 0.1) is 5.82 Å². The van der Waals surface area contributed by atoms with E-state index >= 15 is 0 Å². The van der Waals surface area contributed by atoms with E-state index in [2.05, 4.69) is 46.4 Å². The summed E-state index contributed by atoms with van der Waals surface area (Å²) in [5.74, 6) is -0.0283. The summed E-state index contributed by atoms with van der Waals surface area (Å²) in [5, 5.41) is 7.47. The highest BCUT2D eigenvalue weighted by Crippen LogP contribution is 2.34. The van der Waals surface area contributed by atoms with Crippen LogP contribution in [0.3, 0.4) is 0 Å². The van der Waals surface area contributed by atoms with Crippen molar-refractivity contribution in [2.24, 2.45) is 0 Å². The lowest BCUT2D eigenvalue weighted by molar-refractivity contribution is 0.295. The summed E-state index contributed by atoms with van der Waals surface area (Å²) in [6.45, 7) is 1.85. The Balaban J connectivity index is 1.88. The molecule has 1 N–H and O–H groups in total. The number of hydrogen-bond donors (Lipinski definition) is 1. The van der Waals surface area contributed by atoms with Crippen LogP contribution >= 0.6 is 0 Å². The quantitative estimate of drug-likeness (QED) is 0.742. The minimum Gasteiger partial charge on any atom is -0.301 e. The Morgan fingerprint density at radius 2 is 2.14 bits per heavy atom. The normalized spacial score (nSPS) is 18.9. The summed E-state index contributed by atoms with van der Waals surface area (Å²) in [5.41, 5.74) is 4.12. The topological polar surface area (TPSA) is 31.9 Å². The van der Waals surface area contributed by atoms with Crippen LogP contribution in [0.15, 0.2) is 42.6 Å². The molecule has 1 unspecified atom stereocenters. The van der Waals surface area contributed by atoms with Crippen LogP contribution < -0.4 is 0 Å². The first-order valence-corrected chi connectivity index (χ1v) is 7.11. The lowest BCUT2D eigenvalue weighted by Crippen LogP contribution is -2.30. The van der Waals surface area contributed by atoms with Crippen molar-refractivity contribution in [2.75, 3.05) is 13.6 Å². The standard InChI is InChI=1S/C17H16FN3/c1-21-9-11-4-2-3-5-14(11)15(10-21)12-6-13-8-19-20-17(13)16(18)7-12/h2-8,15H,9-10H2,1H3,(H,19,20). The third-order valence-corrected chi connectivity index (χ3v) is 4.29. The molecule has 0 saturated carbocycles. The fraction of sp³-hybridized carbons (Fsp3) is 0.235. The van der Waals surface area contributed by atoms with Crippen molar-refractivity contribution >= 4 is 10.9 Å². The van der Waals surface area contributed by atoms with Crippen LogP contribution in [-0.4, -0.2) is 28.7 Å². The summed E-state index contributed by atoms with van der Waals surface area (Å²) in [6.07, 6.45) is 1.68. The molecular formula is C17H16FN3. The maximum atomic E-state index is 14.2. The van der Waals surface area contributed by atoms with Gasteiger partial charge in [-0.15, -0.1) is 0 Å². The summed E-state index contributed by atoms with van der Waals surface area (Å²) < 4.78 is 14.2. The van der Waals surface area contributed by atoms with Crippen molar-refractivity contribution in [2.45, 2.75) is 12.5 Å². The second kappa shape index (κ2) is 4.67. The van der Waals surface area contributed by atoms with Crippen molar-refractivity contribution in [3.8, 4) is 0 Å². The molecule has 4 heteroatoms. The average molecular weight is 281 g/mol. The van der Waals surface area contributed by atoms with Gasteiger partial charge in [-0.2, -0.15) is 5.10 Å². The van der Waals surface area contributed by atoms with Crippen molar-refractivity contribution in [3.63, 3.8) is 0 Å². The molecule has 0 radical (unpaired) electrons. The van der Waals surface area contributed by atoms with Crippen LogP contribution in [0.2, 0.25) is 0 Å². The molecule has 1 aromatic heterocycles. The molecule has 1 aliphatic rings. The van der Waals surface area contributed by atoms with E-state index in [1.54, 1.807) is 12.3 Å². The molecule has 0 amide bonds. The molecule has 1 atom stereocenters. The largest absolute Gasteiger partial charge is 0.301 e. The van der Waals surface area contributed by atoms with Crippen LogP contribution in [0.4, 0.5) is 4.39 Å². The van der Waals surface area contributed by atoms with E-state index in [-0.39, 0.29) is 11.7 Å². The zero-order valence-corrected chi connectivity index (χ0v) is 11.8. The van der Waals surface area contributed by atoms with Crippen LogP contribution in [0.1, 0.15) is 22.6 Å². The Morgan fingerprint density at radius 3 is 3.05 bits per heavy atom. The number of nitrogens with one attached hydrogen (secondary N) is 1. The fourth-order valence-corrected chi connectivity index (χ4v) is 3.31. The third kappa shape index (κ3) is 2.03. The number of hydrogen-bond acceptors (Lipinski definition) is 2. The molecule has 0 spiro atoms. The molecule has 4 rings (SSSR count). The maximum absolute atomic E-state index is 14.2. The smallest absolute Gasteiger partial charge is 0.149 e. The minimum absolute atomic E-state index is 0.203. The molecule has 2 heterocycles. The fourth-order valence-electron chi connectivity index (χ4n) is 3.31. The van der Waals surface area contributed by atoms with Gasteiger partial charge in [0.2, 0.25) is 0 Å². The van der Waals surface area contributed by atoms with E-state index in [4.69, 9.17) is 0 Å². The predicted molar refractivity (Wildman–Crippen MR) is 80.7 cm³/mol. The third-order valence-electron chi connectivity index (χ3n) is 4.29. The number of halogens is 1. The van der Waals surface area contributed by atoms with Crippen LogP contribution in [0.5, 0.6) is 0 Å².